The smallest absolute Gasteiger partial charge is 0.407 e. The molecule has 2 atom stereocenters. The normalized spacial score (nSPS) is 18.4. The lowest BCUT2D eigenvalue weighted by molar-refractivity contribution is -0.160. The number of carbonyl (C=O) groups is 4. The Labute approximate surface area is 213 Å². The van der Waals surface area contributed by atoms with Gasteiger partial charge in [-0.1, -0.05) is 48.0 Å². The summed E-state index contributed by atoms with van der Waals surface area (Å²) in [5, 5.41) is 4.50. The second-order valence-electron chi connectivity index (χ2n) is 9.33. The Hall–Kier alpha value is -2.94. The monoisotopic (exact) mass is 546 g/mol. The van der Waals surface area contributed by atoms with Gasteiger partial charge in [0.2, 0.25) is 5.91 Å². The molecule has 0 unspecified atom stereocenters. The van der Waals surface area contributed by atoms with Gasteiger partial charge < -0.3 is 19.7 Å². The van der Waals surface area contributed by atoms with Crippen LogP contribution in [0.2, 0.25) is 0 Å². The van der Waals surface area contributed by atoms with Gasteiger partial charge in [0.1, 0.15) is 11.6 Å². The zero-order chi connectivity index (χ0) is 25.9. The van der Waals surface area contributed by atoms with Crippen LogP contribution < -0.4 is 5.32 Å². The highest BCUT2D eigenvalue weighted by atomic mass is 79.9. The zero-order valence-corrected chi connectivity index (χ0v) is 22.2. The third kappa shape index (κ3) is 5.50. The molecule has 2 aromatic carbocycles. The minimum atomic E-state index is -1.23. The molecule has 2 aromatic rings. The maximum atomic E-state index is 13.3. The lowest BCUT2D eigenvalue weighted by atomic mass is 9.96. The van der Waals surface area contributed by atoms with Crippen molar-refractivity contribution in [1.82, 2.24) is 10.2 Å². The minimum absolute atomic E-state index is 0.221. The molecule has 188 valence electrons. The molecular formula is C26H31BrN2O6. The van der Waals surface area contributed by atoms with Crippen LogP contribution in [-0.4, -0.2) is 60.5 Å². The molecule has 3 rings (SSSR count). The summed E-state index contributed by atoms with van der Waals surface area (Å²) in [7, 11) is 1.22. The van der Waals surface area contributed by atoms with Crippen LogP contribution in [0.4, 0.5) is 4.79 Å². The fourth-order valence-electron chi connectivity index (χ4n) is 4.40. The summed E-state index contributed by atoms with van der Waals surface area (Å²) in [6, 6.07) is 8.38. The topological polar surface area (TPSA) is 102 Å². The molecule has 0 aliphatic carbocycles. The summed E-state index contributed by atoms with van der Waals surface area (Å²) in [6.07, 6.45) is 0.288. The second kappa shape index (κ2) is 10.8. The van der Waals surface area contributed by atoms with Crippen LogP contribution in [-0.2, 0) is 19.1 Å². The highest BCUT2D eigenvalue weighted by Gasteiger charge is 2.49. The SMILES string of the molecule is COC(=O)N[C@H](C(=O)N1CCC[C@@]1(C)C(=O)OCC(=O)c1ccc2c(C)c(Br)ccc2c1)C(C)C. The molecule has 0 saturated carbocycles. The summed E-state index contributed by atoms with van der Waals surface area (Å²) in [4.78, 5) is 52.3. The Kier molecular flexibility index (Phi) is 8.20. The van der Waals surface area contributed by atoms with E-state index in [2.05, 4.69) is 26.0 Å². The molecule has 2 amide bonds. The Morgan fingerprint density at radius 3 is 2.54 bits per heavy atom. The van der Waals surface area contributed by atoms with Crippen molar-refractivity contribution in [2.45, 2.75) is 52.1 Å². The summed E-state index contributed by atoms with van der Waals surface area (Å²) in [5.74, 6) is -1.57. The van der Waals surface area contributed by atoms with E-state index in [1.807, 2.05) is 25.1 Å². The lowest BCUT2D eigenvalue weighted by Crippen LogP contribution is -2.58. The number of ether oxygens (including phenoxy) is 2. The first-order valence-electron chi connectivity index (χ1n) is 11.5. The maximum Gasteiger partial charge on any atom is 0.407 e. The van der Waals surface area contributed by atoms with Gasteiger partial charge in [0.05, 0.1) is 7.11 Å². The number of nitrogens with one attached hydrogen (secondary N) is 1. The zero-order valence-electron chi connectivity index (χ0n) is 20.6. The number of esters is 1. The number of ketones is 1. The molecule has 0 radical (unpaired) electrons. The van der Waals surface area contributed by atoms with Crippen molar-refractivity contribution in [2.75, 3.05) is 20.3 Å². The van der Waals surface area contributed by atoms with E-state index in [1.165, 1.54) is 12.0 Å². The summed E-state index contributed by atoms with van der Waals surface area (Å²) < 4.78 is 11.0. The predicted octanol–water partition coefficient (Wildman–Crippen LogP) is 4.40. The molecular weight excluding hydrogens is 516 g/mol. The van der Waals surface area contributed by atoms with E-state index < -0.39 is 30.3 Å². The van der Waals surface area contributed by atoms with Crippen molar-refractivity contribution in [3.63, 3.8) is 0 Å². The first kappa shape index (κ1) is 26.7. The highest BCUT2D eigenvalue weighted by molar-refractivity contribution is 9.10. The van der Waals surface area contributed by atoms with Crippen LogP contribution in [0.1, 0.15) is 49.5 Å². The number of methoxy groups -OCH3 is 1. The molecule has 1 aliphatic heterocycles. The van der Waals surface area contributed by atoms with Crippen LogP contribution in [0.3, 0.4) is 0 Å². The molecule has 35 heavy (non-hydrogen) atoms. The molecule has 0 spiro atoms. The molecule has 0 aromatic heterocycles. The second-order valence-corrected chi connectivity index (χ2v) is 10.2. The number of amides is 2. The van der Waals surface area contributed by atoms with Crippen molar-refractivity contribution in [1.29, 1.82) is 0 Å². The van der Waals surface area contributed by atoms with Crippen molar-refractivity contribution in [3.05, 3.63) is 45.9 Å². The molecule has 1 heterocycles. The molecule has 8 nitrogen and oxygen atoms in total. The van der Waals surface area contributed by atoms with E-state index in [1.54, 1.807) is 32.9 Å². The highest BCUT2D eigenvalue weighted by Crippen LogP contribution is 2.32. The number of Topliss-reactive ketones (excluding diaryl/α,β-unsaturated/α-hetero) is 1. The number of aryl methyl sites for hydroxylation is 1. The number of fused-ring (bicyclic) bond motifs is 1. The lowest BCUT2D eigenvalue weighted by Gasteiger charge is -2.36. The molecule has 1 fully saturated rings. The summed E-state index contributed by atoms with van der Waals surface area (Å²) in [5.41, 5.74) is 0.293. The van der Waals surface area contributed by atoms with Gasteiger partial charge in [0.25, 0.3) is 0 Å². The Morgan fingerprint density at radius 1 is 1.17 bits per heavy atom. The molecule has 9 heteroatoms. The predicted molar refractivity (Wildman–Crippen MR) is 135 cm³/mol. The Morgan fingerprint density at radius 2 is 1.89 bits per heavy atom. The first-order chi connectivity index (χ1) is 16.5. The Balaban J connectivity index is 1.71. The largest absolute Gasteiger partial charge is 0.456 e. The van der Waals surface area contributed by atoms with Gasteiger partial charge in [0.15, 0.2) is 12.4 Å². The van der Waals surface area contributed by atoms with E-state index in [4.69, 9.17) is 4.74 Å². The van der Waals surface area contributed by atoms with E-state index in [-0.39, 0.29) is 17.6 Å². The maximum absolute atomic E-state index is 13.3. The van der Waals surface area contributed by atoms with Crippen LogP contribution in [0.5, 0.6) is 0 Å². The standard InChI is InChI=1S/C26H31BrN2O6/c1-15(2)22(28-25(33)34-5)23(31)29-12-6-11-26(29,4)24(32)35-14-21(30)18-7-9-19-16(3)20(27)10-8-17(19)13-18/h7-10,13,15,22H,6,11-12,14H2,1-5H3,(H,28,33)/t22-,26-/m0/s1. The molecule has 1 N–H and O–H groups in total. The minimum Gasteiger partial charge on any atom is -0.456 e. The number of rotatable bonds is 7. The fourth-order valence-corrected chi connectivity index (χ4v) is 4.74. The number of alkyl carbamates (subject to hydrolysis) is 1. The van der Waals surface area contributed by atoms with Crippen LogP contribution >= 0.6 is 15.9 Å². The van der Waals surface area contributed by atoms with Crippen LogP contribution in [0.25, 0.3) is 10.8 Å². The quantitative estimate of drug-likeness (QED) is 0.408. The van der Waals surface area contributed by atoms with Gasteiger partial charge >= 0.3 is 12.1 Å². The Bertz CT molecular complexity index is 1160. The van der Waals surface area contributed by atoms with Crippen molar-refractivity contribution < 1.29 is 28.7 Å². The number of likely N-dealkylation sites (tertiary alicyclic amines) is 1. The van der Waals surface area contributed by atoms with Gasteiger partial charge in [0, 0.05) is 16.6 Å². The van der Waals surface area contributed by atoms with E-state index in [0.717, 1.165) is 20.8 Å². The number of halogens is 1. The van der Waals surface area contributed by atoms with Crippen LogP contribution in [0.15, 0.2) is 34.8 Å². The fraction of sp³-hybridized carbons (Fsp3) is 0.462. The van der Waals surface area contributed by atoms with Crippen LogP contribution in [0, 0.1) is 12.8 Å². The van der Waals surface area contributed by atoms with Gasteiger partial charge in [-0.25, -0.2) is 9.59 Å². The average molecular weight is 547 g/mol. The first-order valence-corrected chi connectivity index (χ1v) is 12.3. The third-order valence-electron chi connectivity index (χ3n) is 6.62. The van der Waals surface area contributed by atoms with Gasteiger partial charge in [-0.15, -0.1) is 0 Å². The summed E-state index contributed by atoms with van der Waals surface area (Å²) >= 11 is 3.51. The van der Waals surface area contributed by atoms with Crippen molar-refractivity contribution >= 4 is 50.5 Å². The average Bonchev–Trinajstić information content (AvgIpc) is 3.24. The number of nitrogens with zero attached hydrogens (tertiary/aromatic N) is 1. The van der Waals surface area contributed by atoms with E-state index in [9.17, 15) is 19.2 Å². The number of hydrogen-bond donors (Lipinski definition) is 1. The van der Waals surface area contributed by atoms with E-state index in [0.29, 0.717) is 24.9 Å². The number of carbonyl (C=O) groups excluding carboxylic acids is 4. The van der Waals surface area contributed by atoms with Gasteiger partial charge in [-0.2, -0.15) is 0 Å². The van der Waals surface area contributed by atoms with Crippen molar-refractivity contribution in [3.8, 4) is 0 Å². The summed E-state index contributed by atoms with van der Waals surface area (Å²) in [6.45, 7) is 7.15. The molecule has 0 bridgehead atoms. The third-order valence-corrected chi connectivity index (χ3v) is 7.48. The van der Waals surface area contributed by atoms with Gasteiger partial charge in [-0.3, -0.25) is 9.59 Å². The molecule has 1 saturated heterocycles. The molecule has 1 aliphatic rings. The number of benzene rings is 2. The van der Waals surface area contributed by atoms with E-state index >= 15 is 0 Å². The number of hydrogen-bond acceptors (Lipinski definition) is 6. The van der Waals surface area contributed by atoms with Crippen molar-refractivity contribution in [2.24, 2.45) is 5.92 Å². The van der Waals surface area contributed by atoms with Gasteiger partial charge in [-0.05, 0) is 61.1 Å².